The zero-order valence-electron chi connectivity index (χ0n) is 15.4. The first-order valence-electron chi connectivity index (χ1n) is 10.1. The summed E-state index contributed by atoms with van der Waals surface area (Å²) in [5.41, 5.74) is 0. The van der Waals surface area contributed by atoms with E-state index in [-0.39, 0.29) is 0 Å². The van der Waals surface area contributed by atoms with Crippen LogP contribution < -0.4 is 5.32 Å². The molecule has 2 amide bonds. The van der Waals surface area contributed by atoms with Gasteiger partial charge in [0.1, 0.15) is 5.92 Å². The largest absolute Gasteiger partial charge is 0.294 e. The van der Waals surface area contributed by atoms with E-state index in [1.807, 2.05) is 0 Å². The molecule has 1 aliphatic rings. The fourth-order valence-electron chi connectivity index (χ4n) is 3.34. The van der Waals surface area contributed by atoms with Crippen LogP contribution in [0.5, 0.6) is 0 Å². The summed E-state index contributed by atoms with van der Waals surface area (Å²) in [5.74, 6) is -2.39. The Kier molecular flexibility index (Phi) is 11.4. The highest BCUT2D eigenvalue weighted by Crippen LogP contribution is 2.17. The van der Waals surface area contributed by atoms with E-state index in [1.54, 1.807) is 0 Å². The van der Waals surface area contributed by atoms with Gasteiger partial charge >= 0.3 is 0 Å². The van der Waals surface area contributed by atoms with Gasteiger partial charge < -0.3 is 0 Å². The minimum atomic E-state index is -0.727. The first kappa shape index (κ1) is 20.9. The predicted octanol–water partition coefficient (Wildman–Crippen LogP) is 4.70. The SMILES string of the molecule is CCCCCCCCCCCCCCCCC1C(=O)NC(=O)C1=O. The summed E-state index contributed by atoms with van der Waals surface area (Å²) in [4.78, 5) is 33.9. The number of ketones is 1. The third kappa shape index (κ3) is 8.60. The van der Waals surface area contributed by atoms with E-state index in [9.17, 15) is 14.4 Å². The molecule has 1 aliphatic heterocycles. The lowest BCUT2D eigenvalue weighted by molar-refractivity contribution is -0.136. The molecule has 0 aromatic carbocycles. The van der Waals surface area contributed by atoms with Crippen LogP contribution in [0.1, 0.15) is 103 Å². The van der Waals surface area contributed by atoms with Crippen molar-refractivity contribution < 1.29 is 14.4 Å². The monoisotopic (exact) mass is 337 g/mol. The summed E-state index contributed by atoms with van der Waals surface area (Å²) in [6, 6.07) is 0. The third-order valence-corrected chi connectivity index (χ3v) is 4.94. The van der Waals surface area contributed by atoms with Crippen molar-refractivity contribution in [2.75, 3.05) is 0 Å². The molecule has 1 saturated heterocycles. The lowest BCUT2D eigenvalue weighted by atomic mass is 9.97. The van der Waals surface area contributed by atoms with Crippen molar-refractivity contribution >= 4 is 17.6 Å². The highest BCUT2D eigenvalue weighted by Gasteiger charge is 2.39. The number of carbonyl (C=O) groups is 3. The quantitative estimate of drug-likeness (QED) is 0.204. The molecule has 1 unspecified atom stereocenters. The number of rotatable bonds is 15. The second kappa shape index (κ2) is 13.1. The van der Waals surface area contributed by atoms with E-state index >= 15 is 0 Å². The maximum atomic E-state index is 11.4. The second-order valence-corrected chi connectivity index (χ2v) is 7.12. The zero-order valence-corrected chi connectivity index (χ0v) is 15.4. The average Bonchev–Trinajstić information content (AvgIpc) is 2.81. The van der Waals surface area contributed by atoms with Crippen LogP contribution >= 0.6 is 0 Å². The Hall–Kier alpha value is -1.19. The van der Waals surface area contributed by atoms with E-state index < -0.39 is 23.5 Å². The van der Waals surface area contributed by atoms with E-state index in [1.165, 1.54) is 70.6 Å². The molecule has 0 aromatic rings. The molecular formula is C20H35NO3. The van der Waals surface area contributed by atoms with Crippen LogP contribution in [-0.2, 0) is 14.4 Å². The molecule has 0 saturated carbocycles. The fraction of sp³-hybridized carbons (Fsp3) is 0.850. The Morgan fingerprint density at radius 1 is 0.667 bits per heavy atom. The molecule has 0 radical (unpaired) electrons. The van der Waals surface area contributed by atoms with Gasteiger partial charge in [0.05, 0.1) is 0 Å². The lowest BCUT2D eigenvalue weighted by Gasteiger charge is -2.05. The number of nitrogens with one attached hydrogen (secondary N) is 1. The smallest absolute Gasteiger partial charge is 0.289 e. The van der Waals surface area contributed by atoms with Gasteiger partial charge in [-0.25, -0.2) is 0 Å². The minimum absolute atomic E-state index is 0.403. The fourth-order valence-corrected chi connectivity index (χ4v) is 3.34. The summed E-state index contributed by atoms with van der Waals surface area (Å²) in [7, 11) is 0. The molecule has 4 heteroatoms. The number of Topliss-reactive ketones (excluding diaryl/α,β-unsaturated/α-hetero) is 1. The van der Waals surface area contributed by atoms with Crippen LogP contribution in [0.15, 0.2) is 0 Å². The van der Waals surface area contributed by atoms with Crippen molar-refractivity contribution in [3.05, 3.63) is 0 Å². The van der Waals surface area contributed by atoms with Gasteiger partial charge in [0.15, 0.2) is 0 Å². The first-order chi connectivity index (χ1) is 11.7. The van der Waals surface area contributed by atoms with Crippen LogP contribution in [0.25, 0.3) is 0 Å². The molecule has 138 valence electrons. The molecule has 1 N–H and O–H groups in total. The maximum Gasteiger partial charge on any atom is 0.294 e. The molecule has 0 aromatic heterocycles. The minimum Gasteiger partial charge on any atom is -0.289 e. The van der Waals surface area contributed by atoms with Crippen LogP contribution in [0.2, 0.25) is 0 Å². The van der Waals surface area contributed by atoms with E-state index in [2.05, 4.69) is 12.2 Å². The molecule has 0 spiro atoms. The Morgan fingerprint density at radius 3 is 1.46 bits per heavy atom. The molecular weight excluding hydrogens is 302 g/mol. The van der Waals surface area contributed by atoms with Crippen molar-refractivity contribution in [3.63, 3.8) is 0 Å². The third-order valence-electron chi connectivity index (χ3n) is 4.94. The molecule has 1 atom stereocenters. The molecule has 1 fully saturated rings. The standard InChI is InChI=1S/C20H35NO3/c1-2-3-4-5-6-7-8-9-10-11-12-13-14-15-16-17-18(22)20(24)21-19(17)23/h17H,2-16H2,1H3,(H,21,23,24). The second-order valence-electron chi connectivity index (χ2n) is 7.12. The van der Waals surface area contributed by atoms with Crippen LogP contribution in [0.4, 0.5) is 0 Å². The van der Waals surface area contributed by atoms with Crippen molar-refractivity contribution in [2.24, 2.45) is 5.92 Å². The summed E-state index contributed by atoms with van der Waals surface area (Å²) < 4.78 is 0. The van der Waals surface area contributed by atoms with E-state index in [4.69, 9.17) is 0 Å². The van der Waals surface area contributed by atoms with Crippen LogP contribution in [-0.4, -0.2) is 17.6 Å². The first-order valence-corrected chi connectivity index (χ1v) is 10.1. The number of amides is 2. The van der Waals surface area contributed by atoms with Crippen LogP contribution in [0.3, 0.4) is 0 Å². The highest BCUT2D eigenvalue weighted by atomic mass is 16.2. The summed E-state index contributed by atoms with van der Waals surface area (Å²) in [5, 5.41) is 2.09. The summed E-state index contributed by atoms with van der Waals surface area (Å²) in [6.07, 6.45) is 18.5. The lowest BCUT2D eigenvalue weighted by Crippen LogP contribution is -2.22. The highest BCUT2D eigenvalue weighted by molar-refractivity contribution is 6.48. The molecule has 1 heterocycles. The van der Waals surface area contributed by atoms with Gasteiger partial charge in [-0.3, -0.25) is 19.7 Å². The predicted molar refractivity (Wildman–Crippen MR) is 96.6 cm³/mol. The Morgan fingerprint density at radius 2 is 1.08 bits per heavy atom. The number of carbonyl (C=O) groups excluding carboxylic acids is 3. The van der Waals surface area contributed by atoms with Crippen molar-refractivity contribution in [3.8, 4) is 0 Å². The van der Waals surface area contributed by atoms with Gasteiger partial charge in [-0.05, 0) is 6.42 Å². The number of hydrogen-bond donors (Lipinski definition) is 1. The normalized spacial score (nSPS) is 17.5. The molecule has 0 bridgehead atoms. The zero-order chi connectivity index (χ0) is 17.6. The van der Waals surface area contributed by atoms with E-state index in [0.29, 0.717) is 6.42 Å². The molecule has 1 rings (SSSR count). The maximum absolute atomic E-state index is 11.4. The van der Waals surface area contributed by atoms with E-state index in [0.717, 1.165) is 19.3 Å². The van der Waals surface area contributed by atoms with Gasteiger partial charge in [-0.15, -0.1) is 0 Å². The van der Waals surface area contributed by atoms with Gasteiger partial charge in [-0.1, -0.05) is 96.8 Å². The number of hydrogen-bond acceptors (Lipinski definition) is 3. The van der Waals surface area contributed by atoms with Crippen LogP contribution in [0, 0.1) is 5.92 Å². The van der Waals surface area contributed by atoms with Crippen molar-refractivity contribution in [1.82, 2.24) is 5.32 Å². The van der Waals surface area contributed by atoms with Gasteiger partial charge in [0, 0.05) is 0 Å². The Labute approximate surface area is 147 Å². The number of imide groups is 1. The molecule has 4 nitrogen and oxygen atoms in total. The van der Waals surface area contributed by atoms with Gasteiger partial charge in [0.25, 0.3) is 5.91 Å². The van der Waals surface area contributed by atoms with Gasteiger partial charge in [0.2, 0.25) is 11.7 Å². The topological polar surface area (TPSA) is 63.2 Å². The number of unbranched alkanes of at least 4 members (excludes halogenated alkanes) is 13. The van der Waals surface area contributed by atoms with Crippen molar-refractivity contribution in [1.29, 1.82) is 0 Å². The Balaban J connectivity index is 1.82. The van der Waals surface area contributed by atoms with Gasteiger partial charge in [-0.2, -0.15) is 0 Å². The van der Waals surface area contributed by atoms with Crippen molar-refractivity contribution in [2.45, 2.75) is 103 Å². The summed E-state index contributed by atoms with van der Waals surface area (Å²) >= 11 is 0. The Bertz CT molecular complexity index is 392. The summed E-state index contributed by atoms with van der Waals surface area (Å²) in [6.45, 7) is 2.26. The molecule has 24 heavy (non-hydrogen) atoms. The molecule has 0 aliphatic carbocycles. The average molecular weight is 338 g/mol.